The molecule has 5 heteroatoms. The molecule has 0 spiro atoms. The molecule has 0 saturated carbocycles. The van der Waals surface area contributed by atoms with Gasteiger partial charge in [-0.05, 0) is 49.9 Å². The van der Waals surface area contributed by atoms with Crippen LogP contribution in [0.25, 0.3) is 0 Å². The van der Waals surface area contributed by atoms with E-state index in [0.717, 1.165) is 16.8 Å². The maximum atomic E-state index is 12.5. The van der Waals surface area contributed by atoms with Crippen LogP contribution in [-0.4, -0.2) is 15.9 Å². The van der Waals surface area contributed by atoms with Gasteiger partial charge in [-0.15, -0.1) is 0 Å². The Hall–Kier alpha value is -3.21. The van der Waals surface area contributed by atoms with E-state index in [1.807, 2.05) is 45.0 Å². The molecule has 0 bridgehead atoms. The van der Waals surface area contributed by atoms with E-state index >= 15 is 0 Å². The molecule has 1 amide bonds. The number of rotatable bonds is 5. The van der Waals surface area contributed by atoms with Gasteiger partial charge in [-0.2, -0.15) is 0 Å². The van der Waals surface area contributed by atoms with Gasteiger partial charge >= 0.3 is 0 Å². The summed E-state index contributed by atoms with van der Waals surface area (Å²) in [5.74, 6) is 0.375. The molecule has 1 aromatic heterocycles. The molecule has 0 radical (unpaired) electrons. The van der Waals surface area contributed by atoms with Gasteiger partial charge in [0.05, 0.1) is 12.4 Å². The Bertz CT molecular complexity index is 941. The first-order valence-electron chi connectivity index (χ1n) is 8.93. The largest absolute Gasteiger partial charge is 0.365 e. The van der Waals surface area contributed by atoms with Crippen molar-refractivity contribution in [1.29, 1.82) is 0 Å². The monoisotopic (exact) mass is 360 g/mol. The fourth-order valence-corrected chi connectivity index (χ4v) is 3.09. The highest BCUT2D eigenvalue weighted by Crippen LogP contribution is 2.22. The molecule has 0 aliphatic carbocycles. The molecule has 2 aromatic carbocycles. The van der Waals surface area contributed by atoms with E-state index in [9.17, 15) is 4.79 Å². The van der Waals surface area contributed by atoms with Crippen molar-refractivity contribution in [1.82, 2.24) is 9.97 Å². The van der Waals surface area contributed by atoms with Crippen LogP contribution < -0.4 is 10.6 Å². The molecule has 0 aliphatic rings. The SMILES string of the molecule is Cc1cc(C)c(NC(=O)c2cnc(NCc3ccccc3C)cn2)c(C)c1. The van der Waals surface area contributed by atoms with Gasteiger partial charge in [0.1, 0.15) is 11.5 Å². The van der Waals surface area contributed by atoms with Crippen molar-refractivity contribution in [2.24, 2.45) is 0 Å². The smallest absolute Gasteiger partial charge is 0.275 e. The fraction of sp³-hybridized carbons (Fsp3) is 0.227. The van der Waals surface area contributed by atoms with Crippen molar-refractivity contribution in [3.05, 3.63) is 82.3 Å². The number of benzene rings is 2. The predicted molar refractivity (Wildman–Crippen MR) is 109 cm³/mol. The molecule has 138 valence electrons. The van der Waals surface area contributed by atoms with Crippen LogP contribution in [0.1, 0.15) is 38.3 Å². The normalized spacial score (nSPS) is 10.5. The number of carbonyl (C=O) groups is 1. The van der Waals surface area contributed by atoms with E-state index in [-0.39, 0.29) is 11.6 Å². The molecule has 3 rings (SSSR count). The average Bonchev–Trinajstić information content (AvgIpc) is 2.64. The average molecular weight is 360 g/mol. The van der Waals surface area contributed by atoms with Crippen LogP contribution in [0.3, 0.4) is 0 Å². The van der Waals surface area contributed by atoms with E-state index < -0.39 is 0 Å². The van der Waals surface area contributed by atoms with E-state index in [1.165, 1.54) is 22.9 Å². The molecule has 1 heterocycles. The van der Waals surface area contributed by atoms with Crippen LogP contribution in [0.2, 0.25) is 0 Å². The topological polar surface area (TPSA) is 66.9 Å². The number of aromatic nitrogens is 2. The van der Waals surface area contributed by atoms with E-state index in [0.29, 0.717) is 12.4 Å². The van der Waals surface area contributed by atoms with Crippen molar-refractivity contribution in [3.63, 3.8) is 0 Å². The number of carbonyl (C=O) groups excluding carboxylic acids is 1. The van der Waals surface area contributed by atoms with Crippen molar-refractivity contribution in [3.8, 4) is 0 Å². The molecule has 0 atom stereocenters. The van der Waals surface area contributed by atoms with Gasteiger partial charge in [-0.1, -0.05) is 42.0 Å². The van der Waals surface area contributed by atoms with Gasteiger partial charge in [0.2, 0.25) is 0 Å². The standard InChI is InChI=1S/C22H24N4O/c1-14-9-16(3)21(17(4)10-14)26-22(27)19-12-25-20(13-23-19)24-11-18-8-6-5-7-15(18)2/h5-10,12-13H,11H2,1-4H3,(H,24,25)(H,26,27). The molecule has 5 nitrogen and oxygen atoms in total. The van der Waals surface area contributed by atoms with E-state index in [1.54, 1.807) is 6.20 Å². The maximum absolute atomic E-state index is 12.5. The lowest BCUT2D eigenvalue weighted by atomic mass is 10.1. The second kappa shape index (κ2) is 7.99. The van der Waals surface area contributed by atoms with Gasteiger partial charge in [0.15, 0.2) is 0 Å². The number of nitrogens with one attached hydrogen (secondary N) is 2. The van der Waals surface area contributed by atoms with Crippen molar-refractivity contribution < 1.29 is 4.79 Å². The number of nitrogens with zero attached hydrogens (tertiary/aromatic N) is 2. The minimum atomic E-state index is -0.261. The zero-order valence-electron chi connectivity index (χ0n) is 16.1. The highest BCUT2D eigenvalue weighted by Gasteiger charge is 2.12. The van der Waals surface area contributed by atoms with Crippen molar-refractivity contribution in [2.45, 2.75) is 34.2 Å². The van der Waals surface area contributed by atoms with E-state index in [4.69, 9.17) is 0 Å². The van der Waals surface area contributed by atoms with Gasteiger partial charge in [0.25, 0.3) is 5.91 Å². The Morgan fingerprint density at radius 3 is 2.26 bits per heavy atom. The second-order valence-electron chi connectivity index (χ2n) is 6.79. The summed E-state index contributed by atoms with van der Waals surface area (Å²) in [5, 5.41) is 6.18. The predicted octanol–water partition coefficient (Wildman–Crippen LogP) is 4.57. The van der Waals surface area contributed by atoms with Crippen LogP contribution >= 0.6 is 0 Å². The van der Waals surface area contributed by atoms with Crippen LogP contribution in [0, 0.1) is 27.7 Å². The Labute approximate surface area is 159 Å². The summed E-state index contributed by atoms with van der Waals surface area (Å²) >= 11 is 0. The van der Waals surface area contributed by atoms with Crippen LogP contribution in [0.4, 0.5) is 11.5 Å². The lowest BCUT2D eigenvalue weighted by Gasteiger charge is -2.13. The first-order chi connectivity index (χ1) is 12.9. The third-order valence-electron chi connectivity index (χ3n) is 4.52. The number of hydrogen-bond donors (Lipinski definition) is 2. The minimum Gasteiger partial charge on any atom is -0.365 e. The zero-order valence-corrected chi connectivity index (χ0v) is 16.1. The van der Waals surface area contributed by atoms with Crippen molar-refractivity contribution in [2.75, 3.05) is 10.6 Å². The summed E-state index contributed by atoms with van der Waals surface area (Å²) in [6.45, 7) is 8.75. The number of hydrogen-bond acceptors (Lipinski definition) is 4. The molecule has 0 saturated heterocycles. The Balaban J connectivity index is 1.66. The highest BCUT2D eigenvalue weighted by molar-refractivity contribution is 6.03. The van der Waals surface area contributed by atoms with Crippen LogP contribution in [0.15, 0.2) is 48.8 Å². The molecule has 2 N–H and O–H groups in total. The summed E-state index contributed by atoms with van der Waals surface area (Å²) in [5.41, 5.74) is 6.77. The van der Waals surface area contributed by atoms with Crippen LogP contribution in [-0.2, 0) is 6.54 Å². The molecular formula is C22H24N4O. The molecule has 0 unspecified atom stereocenters. The van der Waals surface area contributed by atoms with Gasteiger partial charge < -0.3 is 10.6 Å². The van der Waals surface area contributed by atoms with E-state index in [2.05, 4.69) is 39.7 Å². The summed E-state index contributed by atoms with van der Waals surface area (Å²) in [7, 11) is 0. The highest BCUT2D eigenvalue weighted by atomic mass is 16.1. The summed E-state index contributed by atoms with van der Waals surface area (Å²) < 4.78 is 0. The summed E-state index contributed by atoms with van der Waals surface area (Å²) in [6.07, 6.45) is 3.08. The first kappa shape index (κ1) is 18.6. The van der Waals surface area contributed by atoms with Crippen molar-refractivity contribution >= 4 is 17.4 Å². The Kier molecular flexibility index (Phi) is 5.50. The second-order valence-corrected chi connectivity index (χ2v) is 6.79. The molecular weight excluding hydrogens is 336 g/mol. The minimum absolute atomic E-state index is 0.261. The summed E-state index contributed by atoms with van der Waals surface area (Å²) in [4.78, 5) is 21.1. The third kappa shape index (κ3) is 4.50. The Morgan fingerprint density at radius 1 is 0.926 bits per heavy atom. The molecule has 27 heavy (non-hydrogen) atoms. The number of anilines is 2. The fourth-order valence-electron chi connectivity index (χ4n) is 3.09. The van der Waals surface area contributed by atoms with Gasteiger partial charge in [-0.25, -0.2) is 9.97 Å². The number of amides is 1. The lowest BCUT2D eigenvalue weighted by Crippen LogP contribution is -2.16. The first-order valence-corrected chi connectivity index (χ1v) is 8.93. The Morgan fingerprint density at radius 2 is 1.63 bits per heavy atom. The maximum Gasteiger partial charge on any atom is 0.275 e. The molecule has 0 fully saturated rings. The zero-order chi connectivity index (χ0) is 19.4. The third-order valence-corrected chi connectivity index (χ3v) is 4.52. The van der Waals surface area contributed by atoms with Crippen LogP contribution in [0.5, 0.6) is 0 Å². The van der Waals surface area contributed by atoms with Gasteiger partial charge in [-0.3, -0.25) is 4.79 Å². The molecule has 3 aromatic rings. The number of aryl methyl sites for hydroxylation is 4. The quantitative estimate of drug-likeness (QED) is 0.699. The van der Waals surface area contributed by atoms with Gasteiger partial charge in [0, 0.05) is 12.2 Å². The molecule has 0 aliphatic heterocycles. The lowest BCUT2D eigenvalue weighted by molar-refractivity contribution is 0.102. The summed E-state index contributed by atoms with van der Waals surface area (Å²) in [6, 6.07) is 12.3.